The van der Waals surface area contributed by atoms with E-state index in [0.29, 0.717) is 0 Å². The van der Waals surface area contributed by atoms with E-state index in [2.05, 4.69) is 31.0 Å². The van der Waals surface area contributed by atoms with Crippen molar-refractivity contribution in [1.29, 1.82) is 0 Å². The molecule has 1 aliphatic carbocycles. The van der Waals surface area contributed by atoms with E-state index in [1.807, 2.05) is 0 Å². The Balaban J connectivity index is 1.87. The predicted octanol–water partition coefficient (Wildman–Crippen LogP) is 3.28. The first kappa shape index (κ1) is 14.3. The zero-order valence-electron chi connectivity index (χ0n) is 12.6. The Labute approximate surface area is 114 Å². The molecular weight excluding hydrogens is 220 g/mol. The van der Waals surface area contributed by atoms with E-state index < -0.39 is 0 Å². The summed E-state index contributed by atoms with van der Waals surface area (Å²) in [7, 11) is 0. The van der Waals surface area contributed by atoms with Gasteiger partial charge in [-0.15, -0.1) is 0 Å². The third kappa shape index (κ3) is 3.48. The maximum Gasteiger partial charge on any atom is 0.0223 e. The third-order valence-electron chi connectivity index (χ3n) is 5.50. The van der Waals surface area contributed by atoms with Gasteiger partial charge in [-0.3, -0.25) is 4.90 Å². The van der Waals surface area contributed by atoms with Crippen LogP contribution < -0.4 is 5.32 Å². The minimum Gasteiger partial charge on any atom is -0.311 e. The monoisotopic (exact) mass is 252 g/mol. The van der Waals surface area contributed by atoms with Gasteiger partial charge < -0.3 is 5.32 Å². The molecule has 0 aromatic rings. The molecular formula is C16H32N2. The van der Waals surface area contributed by atoms with Crippen LogP contribution in [0, 0.1) is 11.8 Å². The van der Waals surface area contributed by atoms with Crippen LogP contribution in [0.4, 0.5) is 0 Å². The topological polar surface area (TPSA) is 15.3 Å². The number of hydrogen-bond donors (Lipinski definition) is 1. The van der Waals surface area contributed by atoms with E-state index in [-0.39, 0.29) is 0 Å². The first-order chi connectivity index (χ1) is 8.72. The van der Waals surface area contributed by atoms with E-state index in [1.54, 1.807) is 0 Å². The average Bonchev–Trinajstić information content (AvgIpc) is 2.46. The van der Waals surface area contributed by atoms with Crippen molar-refractivity contribution in [2.45, 2.75) is 71.4 Å². The summed E-state index contributed by atoms with van der Waals surface area (Å²) in [5.41, 5.74) is 0. The van der Waals surface area contributed by atoms with Crippen LogP contribution in [0.15, 0.2) is 0 Å². The SMILES string of the molecule is CCC(C)C(C)N1CCNC(C2CCCCC2)C1. The van der Waals surface area contributed by atoms with Crippen LogP contribution in [0.2, 0.25) is 0 Å². The molecule has 2 heteroatoms. The molecule has 0 bridgehead atoms. The highest BCUT2D eigenvalue weighted by Crippen LogP contribution is 2.28. The highest BCUT2D eigenvalue weighted by molar-refractivity contribution is 4.88. The quantitative estimate of drug-likeness (QED) is 0.826. The Morgan fingerprint density at radius 1 is 1.17 bits per heavy atom. The van der Waals surface area contributed by atoms with E-state index >= 15 is 0 Å². The summed E-state index contributed by atoms with van der Waals surface area (Å²) < 4.78 is 0. The van der Waals surface area contributed by atoms with Gasteiger partial charge in [0.2, 0.25) is 0 Å². The summed E-state index contributed by atoms with van der Waals surface area (Å²) in [5, 5.41) is 3.79. The fourth-order valence-corrected chi connectivity index (χ4v) is 3.73. The van der Waals surface area contributed by atoms with Crippen molar-refractivity contribution in [3.05, 3.63) is 0 Å². The second-order valence-electron chi connectivity index (χ2n) is 6.58. The van der Waals surface area contributed by atoms with E-state index in [1.165, 1.54) is 58.2 Å². The molecule has 1 saturated heterocycles. The summed E-state index contributed by atoms with van der Waals surface area (Å²) in [5.74, 6) is 1.78. The molecule has 0 spiro atoms. The number of nitrogens with zero attached hydrogens (tertiary/aromatic N) is 1. The second kappa shape index (κ2) is 6.91. The van der Waals surface area contributed by atoms with Gasteiger partial charge in [0.1, 0.15) is 0 Å². The van der Waals surface area contributed by atoms with E-state index in [4.69, 9.17) is 0 Å². The molecule has 0 amide bonds. The highest BCUT2D eigenvalue weighted by atomic mass is 15.2. The summed E-state index contributed by atoms with van der Waals surface area (Å²) in [6.45, 7) is 10.9. The van der Waals surface area contributed by atoms with Gasteiger partial charge in [0.05, 0.1) is 0 Å². The van der Waals surface area contributed by atoms with Crippen LogP contribution in [0.3, 0.4) is 0 Å². The van der Waals surface area contributed by atoms with E-state index in [0.717, 1.165) is 23.9 Å². The molecule has 2 aliphatic rings. The zero-order valence-corrected chi connectivity index (χ0v) is 12.6. The Morgan fingerprint density at radius 2 is 1.89 bits per heavy atom. The fourth-order valence-electron chi connectivity index (χ4n) is 3.73. The molecule has 3 unspecified atom stereocenters. The van der Waals surface area contributed by atoms with Gasteiger partial charge in [0.25, 0.3) is 0 Å². The smallest absolute Gasteiger partial charge is 0.0223 e. The van der Waals surface area contributed by atoms with Gasteiger partial charge in [-0.1, -0.05) is 39.5 Å². The molecule has 1 N–H and O–H groups in total. The largest absolute Gasteiger partial charge is 0.311 e. The molecule has 2 rings (SSSR count). The number of rotatable bonds is 4. The predicted molar refractivity (Wildman–Crippen MR) is 78.9 cm³/mol. The van der Waals surface area contributed by atoms with Gasteiger partial charge in [-0.05, 0) is 31.6 Å². The summed E-state index contributed by atoms with van der Waals surface area (Å²) in [6.07, 6.45) is 8.62. The van der Waals surface area contributed by atoms with Crippen molar-refractivity contribution in [3.63, 3.8) is 0 Å². The molecule has 0 radical (unpaired) electrons. The van der Waals surface area contributed by atoms with Crippen molar-refractivity contribution in [2.24, 2.45) is 11.8 Å². The molecule has 2 fully saturated rings. The maximum atomic E-state index is 3.79. The highest BCUT2D eigenvalue weighted by Gasteiger charge is 2.30. The summed E-state index contributed by atoms with van der Waals surface area (Å²) in [6, 6.07) is 1.52. The van der Waals surface area contributed by atoms with Crippen molar-refractivity contribution in [3.8, 4) is 0 Å². The molecule has 1 saturated carbocycles. The lowest BCUT2D eigenvalue weighted by Gasteiger charge is -2.43. The van der Waals surface area contributed by atoms with Crippen LogP contribution in [-0.2, 0) is 0 Å². The Morgan fingerprint density at radius 3 is 2.56 bits per heavy atom. The minimum absolute atomic E-state index is 0.753. The first-order valence-electron chi connectivity index (χ1n) is 8.19. The lowest BCUT2D eigenvalue weighted by atomic mass is 9.82. The third-order valence-corrected chi connectivity index (χ3v) is 5.50. The number of piperazine rings is 1. The van der Waals surface area contributed by atoms with Crippen molar-refractivity contribution < 1.29 is 0 Å². The molecule has 1 heterocycles. The van der Waals surface area contributed by atoms with Crippen molar-refractivity contribution in [2.75, 3.05) is 19.6 Å². The van der Waals surface area contributed by atoms with Crippen LogP contribution in [0.1, 0.15) is 59.3 Å². The summed E-state index contributed by atoms with van der Waals surface area (Å²) >= 11 is 0. The van der Waals surface area contributed by atoms with Crippen LogP contribution in [0.25, 0.3) is 0 Å². The van der Waals surface area contributed by atoms with Crippen molar-refractivity contribution in [1.82, 2.24) is 10.2 Å². The molecule has 106 valence electrons. The first-order valence-corrected chi connectivity index (χ1v) is 8.19. The standard InChI is InChI=1S/C16H32N2/c1-4-13(2)14(3)18-11-10-17-16(12-18)15-8-6-5-7-9-15/h13-17H,4-12H2,1-3H3. The minimum atomic E-state index is 0.753. The molecule has 2 nitrogen and oxygen atoms in total. The normalized spacial score (nSPS) is 31.2. The summed E-state index contributed by atoms with van der Waals surface area (Å²) in [4.78, 5) is 2.74. The lowest BCUT2D eigenvalue weighted by Crippen LogP contribution is -2.57. The second-order valence-corrected chi connectivity index (χ2v) is 6.58. The van der Waals surface area contributed by atoms with Crippen LogP contribution in [-0.4, -0.2) is 36.6 Å². The van der Waals surface area contributed by atoms with Crippen LogP contribution >= 0.6 is 0 Å². The maximum absolute atomic E-state index is 3.79. The van der Waals surface area contributed by atoms with Gasteiger partial charge >= 0.3 is 0 Å². The van der Waals surface area contributed by atoms with Gasteiger partial charge in [-0.25, -0.2) is 0 Å². The molecule has 18 heavy (non-hydrogen) atoms. The van der Waals surface area contributed by atoms with Crippen molar-refractivity contribution >= 4 is 0 Å². The Kier molecular flexibility index (Phi) is 5.50. The van der Waals surface area contributed by atoms with E-state index in [9.17, 15) is 0 Å². The van der Waals surface area contributed by atoms with Gasteiger partial charge in [0.15, 0.2) is 0 Å². The fraction of sp³-hybridized carbons (Fsp3) is 1.00. The lowest BCUT2D eigenvalue weighted by molar-refractivity contribution is 0.0900. The molecule has 1 aliphatic heterocycles. The van der Waals surface area contributed by atoms with Crippen LogP contribution in [0.5, 0.6) is 0 Å². The number of hydrogen-bond acceptors (Lipinski definition) is 2. The Bertz CT molecular complexity index is 227. The number of nitrogens with one attached hydrogen (secondary N) is 1. The van der Waals surface area contributed by atoms with Gasteiger partial charge in [-0.2, -0.15) is 0 Å². The van der Waals surface area contributed by atoms with Gasteiger partial charge in [0, 0.05) is 31.7 Å². The molecule has 3 atom stereocenters. The average molecular weight is 252 g/mol. The Hall–Kier alpha value is -0.0800. The molecule has 0 aromatic heterocycles. The molecule has 0 aromatic carbocycles. The zero-order chi connectivity index (χ0) is 13.0.